The molecule has 0 bridgehead atoms. The van der Waals surface area contributed by atoms with E-state index < -0.39 is 12.0 Å². The number of quaternary nitrogens is 1. The van der Waals surface area contributed by atoms with Gasteiger partial charge < -0.3 is 14.9 Å². The van der Waals surface area contributed by atoms with E-state index in [0.717, 1.165) is 12.8 Å². The van der Waals surface area contributed by atoms with Gasteiger partial charge in [0.1, 0.15) is 0 Å². The minimum absolute atomic E-state index is 0.0190. The zero-order valence-electron chi connectivity index (χ0n) is 17.1. The van der Waals surface area contributed by atoms with Crippen molar-refractivity contribution in [2.45, 2.75) is 96.6 Å². The van der Waals surface area contributed by atoms with Crippen molar-refractivity contribution in [2.75, 3.05) is 21.1 Å². The molecule has 0 saturated carbocycles. The average molecular weight is 358 g/mol. The number of amides is 1. The predicted octanol–water partition coefficient (Wildman–Crippen LogP) is 3.96. The van der Waals surface area contributed by atoms with Crippen LogP contribution in [0.1, 0.15) is 84.5 Å². The van der Waals surface area contributed by atoms with E-state index in [4.69, 9.17) is 0 Å². The highest BCUT2D eigenvalue weighted by Crippen LogP contribution is 2.13. The number of carboxylic acid groups (broad SMARTS) is 1. The number of hydrogen-bond donors (Lipinski definition) is 2. The Morgan fingerprint density at radius 1 is 0.880 bits per heavy atom. The van der Waals surface area contributed by atoms with Crippen LogP contribution in [0.2, 0.25) is 0 Å². The summed E-state index contributed by atoms with van der Waals surface area (Å²) in [7, 11) is 5.57. The number of aliphatic carboxylic acids is 1. The zero-order chi connectivity index (χ0) is 19.3. The van der Waals surface area contributed by atoms with Crippen molar-refractivity contribution in [3.8, 4) is 0 Å². The Balaban J connectivity index is 4.04. The summed E-state index contributed by atoms with van der Waals surface area (Å²) in [4.78, 5) is 23.8. The molecule has 0 aliphatic heterocycles. The van der Waals surface area contributed by atoms with Crippen LogP contribution < -0.4 is 5.32 Å². The molecule has 0 aromatic rings. The number of unbranched alkanes of at least 4 members (excludes halogenated alkanes) is 8. The molecule has 0 aromatic heterocycles. The maximum absolute atomic E-state index is 12.2. The summed E-state index contributed by atoms with van der Waals surface area (Å²) in [6, 6.07) is -0.958. The fourth-order valence-corrected chi connectivity index (χ4v) is 3.32. The van der Waals surface area contributed by atoms with E-state index in [9.17, 15) is 14.7 Å². The lowest BCUT2D eigenvalue weighted by molar-refractivity contribution is -0.888. The molecule has 0 spiro atoms. The minimum atomic E-state index is -0.859. The van der Waals surface area contributed by atoms with Gasteiger partial charge in [-0.15, -0.1) is 0 Å². The number of nitrogens with one attached hydrogen (secondary N) is 1. The maximum atomic E-state index is 12.2. The van der Waals surface area contributed by atoms with Crippen LogP contribution in [0.15, 0.2) is 0 Å². The van der Waals surface area contributed by atoms with E-state index in [1.165, 1.54) is 44.9 Å². The fourth-order valence-electron chi connectivity index (χ4n) is 3.32. The first-order chi connectivity index (χ1) is 11.7. The van der Waals surface area contributed by atoms with Crippen LogP contribution in [-0.2, 0) is 9.59 Å². The lowest BCUT2D eigenvalue weighted by Crippen LogP contribution is -2.60. The third-order valence-electron chi connectivity index (χ3n) is 4.76. The monoisotopic (exact) mass is 357 g/mol. The van der Waals surface area contributed by atoms with E-state index >= 15 is 0 Å². The number of carboxylic acids is 1. The summed E-state index contributed by atoms with van der Waals surface area (Å²) in [5.74, 6) is -0.878. The number of likely N-dealkylation sites (N-methyl/N-ethyl adjacent to an activating group) is 1. The summed E-state index contributed by atoms with van der Waals surface area (Å²) < 4.78 is 0.298. The molecule has 0 heterocycles. The smallest absolute Gasteiger partial charge is 0.364 e. The van der Waals surface area contributed by atoms with Gasteiger partial charge in [-0.3, -0.25) is 4.79 Å². The van der Waals surface area contributed by atoms with Crippen molar-refractivity contribution in [1.29, 1.82) is 0 Å². The van der Waals surface area contributed by atoms with Crippen molar-refractivity contribution in [1.82, 2.24) is 5.32 Å². The molecule has 2 atom stereocenters. The summed E-state index contributed by atoms with van der Waals surface area (Å²) in [5, 5.41) is 12.5. The number of rotatable bonds is 15. The third kappa shape index (κ3) is 11.2. The van der Waals surface area contributed by atoms with E-state index in [0.29, 0.717) is 17.3 Å². The van der Waals surface area contributed by atoms with E-state index in [1.54, 1.807) is 0 Å². The Bertz CT molecular complexity index is 378. The molecule has 2 N–H and O–H groups in total. The SMILES string of the molecule is CCCCCCCCCCCC(=O)NC(CC)C(C(=O)O)[N+](C)(C)C. The predicted molar refractivity (Wildman–Crippen MR) is 104 cm³/mol. The van der Waals surface area contributed by atoms with Crippen molar-refractivity contribution < 1.29 is 19.2 Å². The largest absolute Gasteiger partial charge is 0.477 e. The fraction of sp³-hybridized carbons (Fsp3) is 0.900. The van der Waals surface area contributed by atoms with Crippen LogP contribution in [0.4, 0.5) is 0 Å². The highest BCUT2D eigenvalue weighted by atomic mass is 16.4. The third-order valence-corrected chi connectivity index (χ3v) is 4.76. The second-order valence-electron chi connectivity index (χ2n) is 8.06. The summed E-state index contributed by atoms with van der Waals surface area (Å²) in [5.41, 5.74) is 0. The summed E-state index contributed by atoms with van der Waals surface area (Å²) in [6.45, 7) is 4.16. The molecule has 5 heteroatoms. The van der Waals surface area contributed by atoms with Crippen LogP contribution in [0, 0.1) is 0 Å². The minimum Gasteiger partial charge on any atom is -0.477 e. The van der Waals surface area contributed by atoms with Crippen molar-refractivity contribution >= 4 is 11.9 Å². The molecule has 0 aliphatic rings. The quantitative estimate of drug-likeness (QED) is 0.344. The molecule has 0 radical (unpaired) electrons. The van der Waals surface area contributed by atoms with Gasteiger partial charge in [-0.2, -0.15) is 0 Å². The van der Waals surface area contributed by atoms with Gasteiger partial charge in [-0.25, -0.2) is 4.79 Å². The molecule has 0 rings (SSSR count). The number of carbonyl (C=O) groups is 2. The molecular weight excluding hydrogens is 316 g/mol. The lowest BCUT2D eigenvalue weighted by atomic mass is 10.0. The van der Waals surface area contributed by atoms with Gasteiger partial charge in [0, 0.05) is 6.42 Å². The Labute approximate surface area is 154 Å². The first-order valence-corrected chi connectivity index (χ1v) is 10.1. The number of carbonyl (C=O) groups excluding carboxylic acids is 1. The topological polar surface area (TPSA) is 66.4 Å². The molecule has 5 nitrogen and oxygen atoms in total. The van der Waals surface area contributed by atoms with Crippen LogP contribution in [-0.4, -0.2) is 54.7 Å². The molecule has 25 heavy (non-hydrogen) atoms. The van der Waals surface area contributed by atoms with Crippen molar-refractivity contribution in [3.63, 3.8) is 0 Å². The zero-order valence-corrected chi connectivity index (χ0v) is 17.1. The normalized spacial score (nSPS) is 14.1. The summed E-state index contributed by atoms with van der Waals surface area (Å²) in [6.07, 6.45) is 12.1. The Morgan fingerprint density at radius 2 is 1.36 bits per heavy atom. The molecule has 1 amide bonds. The number of nitrogens with zero attached hydrogens (tertiary/aromatic N) is 1. The van der Waals surface area contributed by atoms with Crippen LogP contribution in [0.3, 0.4) is 0 Å². The van der Waals surface area contributed by atoms with Crippen molar-refractivity contribution in [3.05, 3.63) is 0 Å². The van der Waals surface area contributed by atoms with Gasteiger partial charge >= 0.3 is 5.97 Å². The Morgan fingerprint density at radius 3 is 1.76 bits per heavy atom. The lowest BCUT2D eigenvalue weighted by Gasteiger charge is -2.36. The molecule has 0 aliphatic carbocycles. The Kier molecular flexibility index (Phi) is 12.6. The molecule has 2 unspecified atom stereocenters. The van der Waals surface area contributed by atoms with E-state index in [-0.39, 0.29) is 11.9 Å². The van der Waals surface area contributed by atoms with Gasteiger partial charge in [-0.1, -0.05) is 65.2 Å². The van der Waals surface area contributed by atoms with Crippen LogP contribution in [0.5, 0.6) is 0 Å². The van der Waals surface area contributed by atoms with Gasteiger partial charge in [0.05, 0.1) is 27.2 Å². The highest BCUT2D eigenvalue weighted by molar-refractivity contribution is 5.78. The Hall–Kier alpha value is -1.10. The molecular formula is C20H41N2O3+. The molecule has 0 aromatic carbocycles. The van der Waals surface area contributed by atoms with Gasteiger partial charge in [0.15, 0.2) is 0 Å². The van der Waals surface area contributed by atoms with Gasteiger partial charge in [0.25, 0.3) is 0 Å². The molecule has 0 fully saturated rings. The van der Waals surface area contributed by atoms with E-state index in [2.05, 4.69) is 12.2 Å². The highest BCUT2D eigenvalue weighted by Gasteiger charge is 2.39. The average Bonchev–Trinajstić information content (AvgIpc) is 2.50. The second-order valence-corrected chi connectivity index (χ2v) is 8.06. The van der Waals surface area contributed by atoms with E-state index in [1.807, 2.05) is 28.1 Å². The van der Waals surface area contributed by atoms with Gasteiger partial charge in [-0.05, 0) is 12.8 Å². The van der Waals surface area contributed by atoms with Gasteiger partial charge in [0.2, 0.25) is 11.9 Å². The standard InChI is InChI=1S/C20H40N2O3/c1-6-8-9-10-11-12-13-14-15-16-18(23)21-17(7-2)19(20(24)25)22(3,4)5/h17,19H,6-16H2,1-5H3,(H-,21,23,24,25)/p+1. The summed E-state index contributed by atoms with van der Waals surface area (Å²) >= 11 is 0. The maximum Gasteiger partial charge on any atom is 0.364 e. The first kappa shape index (κ1) is 23.9. The second kappa shape index (κ2) is 13.2. The molecule has 148 valence electrons. The van der Waals surface area contributed by atoms with Crippen LogP contribution >= 0.6 is 0 Å². The van der Waals surface area contributed by atoms with Crippen LogP contribution in [0.25, 0.3) is 0 Å². The van der Waals surface area contributed by atoms with Crippen molar-refractivity contribution in [2.24, 2.45) is 0 Å². The first-order valence-electron chi connectivity index (χ1n) is 10.1. The molecule has 0 saturated heterocycles. The number of hydrogen-bond acceptors (Lipinski definition) is 2.